The van der Waals surface area contributed by atoms with E-state index in [-0.39, 0.29) is 0 Å². The number of imidazole rings is 1. The van der Waals surface area contributed by atoms with Crippen molar-refractivity contribution in [2.24, 2.45) is 0 Å². The van der Waals surface area contributed by atoms with Gasteiger partial charge in [0.2, 0.25) is 0 Å². The van der Waals surface area contributed by atoms with Crippen molar-refractivity contribution in [3.63, 3.8) is 0 Å². The smallest absolute Gasteiger partial charge is 0.128 e. The molecule has 5 heteroatoms. The molecule has 2 N–H and O–H groups in total. The number of hydrogen-bond donors (Lipinski definition) is 2. The maximum Gasteiger partial charge on any atom is 0.128 e. The van der Waals surface area contributed by atoms with E-state index < -0.39 is 0 Å². The van der Waals surface area contributed by atoms with Crippen molar-refractivity contribution in [3.8, 4) is 28.1 Å². The van der Waals surface area contributed by atoms with Gasteiger partial charge in [-0.1, -0.05) is 28.1 Å². The van der Waals surface area contributed by atoms with Crippen molar-refractivity contribution in [3.05, 3.63) is 58.5 Å². The summed E-state index contributed by atoms with van der Waals surface area (Å²) in [4.78, 5) is 8.06. The van der Waals surface area contributed by atoms with Gasteiger partial charge in [-0.05, 0) is 60.3 Å². The third-order valence-corrected chi connectivity index (χ3v) is 5.51. The van der Waals surface area contributed by atoms with Gasteiger partial charge < -0.3 is 15.0 Å². The van der Waals surface area contributed by atoms with E-state index in [0.717, 1.165) is 45.8 Å². The van der Waals surface area contributed by atoms with Crippen LogP contribution in [-0.2, 0) is 6.61 Å². The van der Waals surface area contributed by atoms with Gasteiger partial charge in [-0.2, -0.15) is 0 Å². The summed E-state index contributed by atoms with van der Waals surface area (Å²) in [5.41, 5.74) is 5.82. The van der Waals surface area contributed by atoms with Gasteiger partial charge in [0.05, 0.1) is 17.9 Å². The fourth-order valence-electron chi connectivity index (χ4n) is 3.72. The molecule has 126 valence electrons. The lowest BCUT2D eigenvalue weighted by Gasteiger charge is -2.21. The van der Waals surface area contributed by atoms with Crippen LogP contribution in [0.5, 0.6) is 5.75 Å². The molecule has 1 fully saturated rings. The summed E-state index contributed by atoms with van der Waals surface area (Å²) in [5.74, 6) is 1.97. The molecule has 25 heavy (non-hydrogen) atoms. The highest BCUT2D eigenvalue weighted by molar-refractivity contribution is 9.10. The number of aromatic nitrogens is 2. The molecule has 0 bridgehead atoms. The molecule has 1 atom stereocenters. The van der Waals surface area contributed by atoms with Crippen molar-refractivity contribution in [2.45, 2.75) is 25.5 Å². The van der Waals surface area contributed by atoms with Crippen LogP contribution in [0, 0.1) is 0 Å². The molecule has 1 aromatic heterocycles. The van der Waals surface area contributed by atoms with Crippen molar-refractivity contribution in [2.75, 3.05) is 6.54 Å². The lowest BCUT2D eigenvalue weighted by Crippen LogP contribution is -2.14. The van der Waals surface area contributed by atoms with Crippen LogP contribution >= 0.6 is 15.9 Å². The Hall–Kier alpha value is -2.11. The van der Waals surface area contributed by atoms with E-state index in [1.54, 1.807) is 0 Å². The molecule has 4 nitrogen and oxygen atoms in total. The Morgan fingerprint density at radius 1 is 1.12 bits per heavy atom. The van der Waals surface area contributed by atoms with Crippen molar-refractivity contribution in [1.29, 1.82) is 0 Å². The van der Waals surface area contributed by atoms with Crippen LogP contribution in [0.15, 0.2) is 47.1 Å². The Labute approximate surface area is 154 Å². The fraction of sp³-hybridized carbons (Fsp3) is 0.250. The van der Waals surface area contributed by atoms with Crippen LogP contribution < -0.4 is 10.1 Å². The predicted molar refractivity (Wildman–Crippen MR) is 101 cm³/mol. The third kappa shape index (κ3) is 2.68. The van der Waals surface area contributed by atoms with Crippen LogP contribution in [0.1, 0.15) is 30.3 Å². The summed E-state index contributed by atoms with van der Waals surface area (Å²) in [7, 11) is 0. The molecule has 5 rings (SSSR count). The van der Waals surface area contributed by atoms with E-state index in [0.29, 0.717) is 12.6 Å². The van der Waals surface area contributed by atoms with Crippen molar-refractivity contribution >= 4 is 15.9 Å². The van der Waals surface area contributed by atoms with E-state index >= 15 is 0 Å². The van der Waals surface area contributed by atoms with Gasteiger partial charge in [0.15, 0.2) is 0 Å². The number of ether oxygens (including phenoxy) is 1. The van der Waals surface area contributed by atoms with Gasteiger partial charge in [0, 0.05) is 10.0 Å². The molecule has 0 radical (unpaired) electrons. The van der Waals surface area contributed by atoms with Gasteiger partial charge in [-0.15, -0.1) is 0 Å². The summed E-state index contributed by atoms with van der Waals surface area (Å²) < 4.78 is 6.98. The summed E-state index contributed by atoms with van der Waals surface area (Å²) in [6, 6.07) is 13.1. The van der Waals surface area contributed by atoms with Crippen LogP contribution in [0.4, 0.5) is 0 Å². The van der Waals surface area contributed by atoms with Gasteiger partial charge in [0.1, 0.15) is 18.2 Å². The van der Waals surface area contributed by atoms with Crippen molar-refractivity contribution < 1.29 is 4.74 Å². The second kappa shape index (κ2) is 6.00. The van der Waals surface area contributed by atoms with E-state index in [1.165, 1.54) is 17.5 Å². The number of fused-ring (bicyclic) bond motifs is 3. The summed E-state index contributed by atoms with van der Waals surface area (Å²) in [6.45, 7) is 1.67. The fourth-order valence-corrected chi connectivity index (χ4v) is 4.06. The molecule has 0 amide bonds. The van der Waals surface area contributed by atoms with E-state index in [4.69, 9.17) is 4.74 Å². The average molecular weight is 396 g/mol. The zero-order valence-electron chi connectivity index (χ0n) is 13.7. The standard InChI is InChI=1S/C20H18BrN3O/c21-14-4-6-16-15-5-3-12(8-13(15)11-25-19(16)9-14)18-10-23-20(24-18)17-2-1-7-22-17/h3-6,8-10,17,22H,1-2,7,11H2,(H,23,24). The molecule has 2 aliphatic rings. The second-order valence-corrected chi connectivity index (χ2v) is 7.55. The Balaban J connectivity index is 1.50. The highest BCUT2D eigenvalue weighted by atomic mass is 79.9. The first-order valence-corrected chi connectivity index (χ1v) is 9.41. The molecule has 0 saturated carbocycles. The van der Waals surface area contributed by atoms with E-state index in [9.17, 15) is 0 Å². The highest BCUT2D eigenvalue weighted by Crippen LogP contribution is 2.40. The number of nitrogens with zero attached hydrogens (tertiary/aromatic N) is 1. The summed E-state index contributed by atoms with van der Waals surface area (Å²) in [6.07, 6.45) is 4.30. The second-order valence-electron chi connectivity index (χ2n) is 6.63. The monoisotopic (exact) mass is 395 g/mol. The average Bonchev–Trinajstić information content (AvgIpc) is 3.32. The number of hydrogen-bond acceptors (Lipinski definition) is 3. The van der Waals surface area contributed by atoms with Gasteiger partial charge in [0.25, 0.3) is 0 Å². The zero-order chi connectivity index (χ0) is 16.8. The topological polar surface area (TPSA) is 49.9 Å². The zero-order valence-corrected chi connectivity index (χ0v) is 15.3. The van der Waals surface area contributed by atoms with E-state index in [1.807, 2.05) is 12.3 Å². The minimum absolute atomic E-state index is 0.361. The highest BCUT2D eigenvalue weighted by Gasteiger charge is 2.21. The van der Waals surface area contributed by atoms with Crippen LogP contribution in [0.25, 0.3) is 22.4 Å². The lowest BCUT2D eigenvalue weighted by atomic mass is 9.95. The predicted octanol–water partition coefficient (Wildman–Crippen LogP) is 4.82. The van der Waals surface area contributed by atoms with Crippen LogP contribution in [0.2, 0.25) is 0 Å². The molecule has 2 aromatic carbocycles. The number of nitrogens with one attached hydrogen (secondary N) is 2. The first-order valence-electron chi connectivity index (χ1n) is 8.62. The SMILES string of the molecule is Brc1ccc2c(c1)OCc1cc(-c3cnc(C4CCCN4)[nH]3)ccc1-2. The normalized spacial score (nSPS) is 18.5. The first-order chi connectivity index (χ1) is 12.3. The summed E-state index contributed by atoms with van der Waals surface area (Å²) >= 11 is 3.51. The number of halogens is 1. The van der Waals surface area contributed by atoms with E-state index in [2.05, 4.69) is 61.5 Å². The maximum atomic E-state index is 5.94. The molecule has 1 unspecified atom stereocenters. The van der Waals surface area contributed by atoms with Crippen LogP contribution in [-0.4, -0.2) is 16.5 Å². The maximum absolute atomic E-state index is 5.94. The molecule has 2 aliphatic heterocycles. The molecule has 3 aromatic rings. The Bertz CT molecular complexity index is 944. The molecule has 3 heterocycles. The Kier molecular flexibility index (Phi) is 3.64. The van der Waals surface area contributed by atoms with Gasteiger partial charge in [-0.25, -0.2) is 4.98 Å². The third-order valence-electron chi connectivity index (χ3n) is 5.02. The lowest BCUT2D eigenvalue weighted by molar-refractivity contribution is 0.302. The van der Waals surface area contributed by atoms with Crippen molar-refractivity contribution in [1.82, 2.24) is 15.3 Å². The quantitative estimate of drug-likeness (QED) is 0.653. The molecular formula is C20H18BrN3O. The Morgan fingerprint density at radius 3 is 2.92 bits per heavy atom. The molecule has 0 spiro atoms. The minimum Gasteiger partial charge on any atom is -0.488 e. The number of H-pyrrole nitrogens is 1. The van der Waals surface area contributed by atoms with Crippen LogP contribution in [0.3, 0.4) is 0 Å². The molecule has 1 saturated heterocycles. The minimum atomic E-state index is 0.361. The number of aromatic amines is 1. The largest absolute Gasteiger partial charge is 0.488 e. The number of rotatable bonds is 2. The first kappa shape index (κ1) is 15.2. The molecule has 0 aliphatic carbocycles. The van der Waals surface area contributed by atoms with Gasteiger partial charge >= 0.3 is 0 Å². The molecular weight excluding hydrogens is 378 g/mol. The Morgan fingerprint density at radius 2 is 2.04 bits per heavy atom. The number of benzene rings is 2. The summed E-state index contributed by atoms with van der Waals surface area (Å²) in [5, 5.41) is 3.49. The van der Waals surface area contributed by atoms with Gasteiger partial charge in [-0.3, -0.25) is 0 Å².